The van der Waals surface area contributed by atoms with E-state index in [-0.39, 0.29) is 0 Å². The van der Waals surface area contributed by atoms with Crippen LogP contribution in [-0.2, 0) is 0 Å². The summed E-state index contributed by atoms with van der Waals surface area (Å²) in [6.45, 7) is 0. The summed E-state index contributed by atoms with van der Waals surface area (Å²) in [6, 6.07) is 70.0. The van der Waals surface area contributed by atoms with Crippen molar-refractivity contribution in [3.63, 3.8) is 0 Å². The van der Waals surface area contributed by atoms with Crippen molar-refractivity contribution in [2.75, 3.05) is 0 Å². The zero-order valence-electron chi connectivity index (χ0n) is 49.9. The third-order valence-corrected chi connectivity index (χ3v) is 24.1. The molecule has 0 spiro atoms. The standard InChI is InChI=1S/C84H75N3/c1-4-10-73(70(7-1)58-16-22-82(85-46-58)55-13-19-76-61-28-49-25-50(29-61)35-64(34-49)79(76)43-55)67-40-68(74-11-5-2-8-71(74)59-17-23-83(86-47-59)56-14-20-77-62-30-51-26-52(31-62)37-65(36-51)80(77)44-56)42-69(41-67)75-12-6-3-9-72(75)60-18-24-84(87-48-60)57-15-21-78-63-32-53-27-54(33-63)39-66(38-53)81(78)45-57/h1-24,40-54,61-66H,25-39H2. The van der Waals surface area contributed by atoms with Crippen molar-refractivity contribution in [1.82, 2.24) is 15.0 Å². The van der Waals surface area contributed by atoms with Gasteiger partial charge in [0, 0.05) is 52.0 Å². The molecule has 0 N–H and O–H groups in total. The summed E-state index contributed by atoms with van der Waals surface area (Å²) in [6.07, 6.45) is 27.3. The predicted molar refractivity (Wildman–Crippen MR) is 355 cm³/mol. The lowest BCUT2D eigenvalue weighted by molar-refractivity contribution is 0.165. The van der Waals surface area contributed by atoms with Gasteiger partial charge in [-0.3, -0.25) is 15.0 Å². The Morgan fingerprint density at radius 3 is 0.667 bits per heavy atom. The molecule has 6 unspecified atom stereocenters. The van der Waals surface area contributed by atoms with Gasteiger partial charge in [-0.15, -0.1) is 0 Å². The average molecular weight is 1130 g/mol. The van der Waals surface area contributed by atoms with Crippen LogP contribution in [0.5, 0.6) is 0 Å². The van der Waals surface area contributed by atoms with Gasteiger partial charge in [-0.05, 0) is 305 Å². The molecule has 6 saturated carbocycles. The van der Waals surface area contributed by atoms with Gasteiger partial charge in [0.05, 0.1) is 17.1 Å². The molecule has 0 aliphatic heterocycles. The number of hydrogen-bond donors (Lipinski definition) is 0. The van der Waals surface area contributed by atoms with E-state index >= 15 is 0 Å². The van der Waals surface area contributed by atoms with Crippen LogP contribution in [0, 0.1) is 35.5 Å². The van der Waals surface area contributed by atoms with Crippen molar-refractivity contribution in [2.45, 2.75) is 132 Å². The average Bonchev–Trinajstić information content (AvgIpc) is 2.65. The fourth-order valence-electron chi connectivity index (χ4n) is 20.7. The van der Waals surface area contributed by atoms with Gasteiger partial charge >= 0.3 is 0 Å². The first-order valence-electron chi connectivity index (χ1n) is 33.7. The van der Waals surface area contributed by atoms with Gasteiger partial charge in [-0.25, -0.2) is 0 Å². The van der Waals surface area contributed by atoms with Crippen LogP contribution in [0.2, 0.25) is 0 Å². The lowest BCUT2D eigenvalue weighted by Crippen LogP contribution is -2.25. The first kappa shape index (κ1) is 51.1. The maximum Gasteiger partial charge on any atom is 0.0702 e. The molecule has 22 rings (SSSR count). The predicted octanol–water partition coefficient (Wildman–Crippen LogP) is 22.0. The van der Waals surface area contributed by atoms with Gasteiger partial charge in [0.2, 0.25) is 0 Å². The summed E-state index contributed by atoms with van der Waals surface area (Å²) in [7, 11) is 0. The van der Waals surface area contributed by atoms with Crippen LogP contribution in [0.1, 0.15) is 165 Å². The molecular formula is C84H75N3. The third kappa shape index (κ3) is 8.82. The fourth-order valence-corrected chi connectivity index (χ4v) is 20.7. The van der Waals surface area contributed by atoms with Crippen molar-refractivity contribution >= 4 is 0 Å². The topological polar surface area (TPSA) is 38.7 Å². The third-order valence-electron chi connectivity index (χ3n) is 24.1. The van der Waals surface area contributed by atoms with Crippen molar-refractivity contribution in [3.05, 3.63) is 234 Å². The quantitative estimate of drug-likeness (QED) is 0.145. The van der Waals surface area contributed by atoms with Gasteiger partial charge in [0.25, 0.3) is 0 Å². The van der Waals surface area contributed by atoms with Crippen LogP contribution in [0.15, 0.2) is 201 Å². The highest BCUT2D eigenvalue weighted by Crippen LogP contribution is 2.60. The molecule has 7 aromatic carbocycles. The molecule has 426 valence electrons. The maximum atomic E-state index is 5.28. The first-order chi connectivity index (χ1) is 42.9. The molecule has 0 radical (unpaired) electrons. The van der Waals surface area contributed by atoms with Gasteiger partial charge in [-0.1, -0.05) is 127 Å². The largest absolute Gasteiger partial charge is 0.256 e. The lowest BCUT2D eigenvalue weighted by atomic mass is 9.67. The second-order valence-corrected chi connectivity index (χ2v) is 29.2. The Kier molecular flexibility index (Phi) is 11.9. The molecule has 3 heterocycles. The number of pyridine rings is 3. The number of aromatic nitrogens is 3. The second kappa shape index (κ2) is 20.3. The number of rotatable bonds is 9. The van der Waals surface area contributed by atoms with Gasteiger partial charge < -0.3 is 0 Å². The molecule has 3 nitrogen and oxygen atoms in total. The van der Waals surface area contributed by atoms with Crippen LogP contribution in [0.25, 0.3) is 101 Å². The molecule has 0 saturated heterocycles. The molecule has 12 bridgehead atoms. The highest BCUT2D eigenvalue weighted by molar-refractivity contribution is 5.94. The smallest absolute Gasteiger partial charge is 0.0702 e. The minimum Gasteiger partial charge on any atom is -0.256 e. The number of nitrogens with zero attached hydrogens (tertiary/aromatic N) is 3. The monoisotopic (exact) mass is 1130 g/mol. The highest BCUT2D eigenvalue weighted by atomic mass is 14.7. The minimum absolute atomic E-state index is 0.704. The van der Waals surface area contributed by atoms with Crippen molar-refractivity contribution in [3.8, 4) is 101 Å². The van der Waals surface area contributed by atoms with Gasteiger partial charge in [0.1, 0.15) is 0 Å². The Labute approximate surface area is 513 Å². The van der Waals surface area contributed by atoms with E-state index < -0.39 is 0 Å². The van der Waals surface area contributed by atoms with E-state index in [0.717, 1.165) is 87.0 Å². The van der Waals surface area contributed by atoms with Crippen LogP contribution >= 0.6 is 0 Å². The van der Waals surface area contributed by atoms with E-state index in [1.54, 1.807) is 33.4 Å². The molecule has 12 aliphatic carbocycles. The first-order valence-corrected chi connectivity index (χ1v) is 33.7. The summed E-state index contributed by atoms with van der Waals surface area (Å²) in [5.74, 6) is 9.79. The van der Waals surface area contributed by atoms with E-state index in [1.807, 2.05) is 0 Å². The van der Waals surface area contributed by atoms with Gasteiger partial charge in [-0.2, -0.15) is 0 Å². The van der Waals surface area contributed by atoms with E-state index in [2.05, 4.69) is 201 Å². The van der Waals surface area contributed by atoms with Crippen molar-refractivity contribution in [1.29, 1.82) is 0 Å². The maximum absolute atomic E-state index is 5.28. The minimum atomic E-state index is 0.704. The zero-order valence-corrected chi connectivity index (χ0v) is 49.9. The van der Waals surface area contributed by atoms with E-state index in [9.17, 15) is 0 Å². The Morgan fingerprint density at radius 1 is 0.195 bits per heavy atom. The van der Waals surface area contributed by atoms with E-state index in [4.69, 9.17) is 15.0 Å². The summed E-state index contributed by atoms with van der Waals surface area (Å²) in [5, 5.41) is 0. The van der Waals surface area contributed by atoms with E-state index in [0.29, 0.717) is 17.8 Å². The summed E-state index contributed by atoms with van der Waals surface area (Å²) >= 11 is 0. The Morgan fingerprint density at radius 2 is 0.425 bits per heavy atom. The highest BCUT2D eigenvalue weighted by Gasteiger charge is 2.45. The van der Waals surface area contributed by atoms with Crippen LogP contribution < -0.4 is 0 Å². The SMILES string of the molecule is c1ccc(-c2cc(-c3ccccc3-c3ccc(-c4ccc5c(c4)C4CC6CC(CC5C6)C4)nc3)cc(-c3ccccc3-c3ccc(-c4ccc5c(c4)C4CC6CC(CC5C6)C4)nc3)c2)c(-c2ccc(-c3ccc4c(c3)C3CC5CC(CC4C5)C3)nc2)c1. The van der Waals surface area contributed by atoms with Crippen LogP contribution in [0.4, 0.5) is 0 Å². The fraction of sp³-hybridized carbons (Fsp3) is 0.321. The Bertz CT molecular complexity index is 3860. The van der Waals surface area contributed by atoms with Gasteiger partial charge in [0.15, 0.2) is 0 Å². The second-order valence-electron chi connectivity index (χ2n) is 29.2. The molecule has 3 aromatic heterocycles. The lowest BCUT2D eigenvalue weighted by Gasteiger charge is -2.38. The number of hydrogen-bond acceptors (Lipinski definition) is 3. The normalized spacial score (nSPS) is 27.3. The Balaban J connectivity index is 0.691. The van der Waals surface area contributed by atoms with Crippen molar-refractivity contribution in [2.24, 2.45) is 35.5 Å². The molecule has 6 atom stereocenters. The molecule has 12 aliphatic rings. The van der Waals surface area contributed by atoms with E-state index in [1.165, 1.54) is 163 Å². The molecule has 0 amide bonds. The summed E-state index contributed by atoms with van der Waals surface area (Å²) < 4.78 is 0. The van der Waals surface area contributed by atoms with Crippen LogP contribution in [-0.4, -0.2) is 15.0 Å². The molecule has 3 heteroatoms. The summed E-state index contributed by atoms with van der Waals surface area (Å²) in [4.78, 5) is 15.8. The molecule has 87 heavy (non-hydrogen) atoms. The van der Waals surface area contributed by atoms with Crippen LogP contribution in [0.3, 0.4) is 0 Å². The number of benzene rings is 7. The Hall–Kier alpha value is -8.01. The van der Waals surface area contributed by atoms with Crippen molar-refractivity contribution < 1.29 is 0 Å². The zero-order chi connectivity index (χ0) is 56.8. The molecular weight excluding hydrogens is 1050 g/mol. The summed E-state index contributed by atoms with van der Waals surface area (Å²) in [5.41, 5.74) is 30.6. The molecule has 10 aromatic rings. The molecule has 6 fully saturated rings.